The zero-order chi connectivity index (χ0) is 37.7. The second-order valence-electron chi connectivity index (χ2n) is 15.4. The highest BCUT2D eigenvalue weighted by atomic mass is 14.9. The minimum absolute atomic E-state index is 1.05. The van der Waals surface area contributed by atoms with Crippen molar-refractivity contribution in [1.29, 1.82) is 0 Å². The van der Waals surface area contributed by atoms with Gasteiger partial charge >= 0.3 is 0 Å². The molecule has 0 atom stereocenters. The van der Waals surface area contributed by atoms with Crippen LogP contribution in [0.25, 0.3) is 0 Å². The van der Waals surface area contributed by atoms with Gasteiger partial charge in [-0.25, -0.2) is 0 Å². The Labute approximate surface area is 325 Å². The molecule has 54 heavy (non-hydrogen) atoms. The van der Waals surface area contributed by atoms with E-state index in [1.807, 2.05) is 0 Å². The van der Waals surface area contributed by atoms with Gasteiger partial charge in [0.2, 0.25) is 0 Å². The number of fused-ring (bicyclic) bond motifs is 5. The minimum atomic E-state index is 1.05. The summed E-state index contributed by atoms with van der Waals surface area (Å²) in [4.78, 5) is 0. The molecule has 0 aromatic heterocycles. The molecule has 5 aromatic carbocycles. The van der Waals surface area contributed by atoms with Crippen LogP contribution in [0.2, 0.25) is 0 Å². The van der Waals surface area contributed by atoms with Gasteiger partial charge in [-0.3, -0.25) is 0 Å². The number of aryl methyl sites for hydroxylation is 6. The average molecular weight is 722 g/mol. The molecule has 0 unspecified atom stereocenters. The molecule has 5 nitrogen and oxygen atoms in total. The zero-order valence-electron chi connectivity index (χ0n) is 33.6. The van der Waals surface area contributed by atoms with Crippen LogP contribution in [0.15, 0.2) is 91.0 Å². The van der Waals surface area contributed by atoms with E-state index in [0.717, 1.165) is 52.4 Å². The molecule has 0 amide bonds. The van der Waals surface area contributed by atoms with E-state index < -0.39 is 0 Å². The van der Waals surface area contributed by atoms with Crippen molar-refractivity contribution >= 4 is 11.4 Å². The lowest BCUT2D eigenvalue weighted by molar-refractivity contribution is 0.640. The molecule has 0 saturated carbocycles. The topological polar surface area (TPSA) is 60.1 Å². The standard InChI is InChI=1S/4C10H13N.C9H11N/c1-8-4-2-6-10-9(8)5-3-7-11-10;1-8-4-2-5-9-6-3-7-11-10(8)9;1-8-3-2-4-9-7-11-6-5-10(8)9;1-8-3-2-4-9-5-6-11-7-10(8)9;1-7-3-2-4-8-5-10-6-9(7)8/h2,4,6,11H,3,5,7H2,1H3;2,4-5,11H,3,6-7H2,1H3;2*2-4,11H,5-7H2,1H3;2-4,10H,5-6H2,1H3. The molecular formula is C49H63N5. The normalized spacial score (nSPS) is 15.6. The summed E-state index contributed by atoms with van der Waals surface area (Å²) in [7, 11) is 0. The number of hydrogen-bond donors (Lipinski definition) is 5. The molecule has 5 aliphatic heterocycles. The Morgan fingerprint density at radius 3 is 1.52 bits per heavy atom. The van der Waals surface area contributed by atoms with E-state index in [-0.39, 0.29) is 0 Å². The molecule has 284 valence electrons. The van der Waals surface area contributed by atoms with Crippen LogP contribution in [-0.2, 0) is 51.9 Å². The number of rotatable bonds is 0. The third-order valence-corrected chi connectivity index (χ3v) is 11.5. The van der Waals surface area contributed by atoms with Gasteiger partial charge in [0.15, 0.2) is 0 Å². The lowest BCUT2D eigenvalue weighted by Crippen LogP contribution is -2.24. The first kappa shape index (κ1) is 39.3. The van der Waals surface area contributed by atoms with Gasteiger partial charge in [0.1, 0.15) is 0 Å². The second-order valence-corrected chi connectivity index (χ2v) is 15.4. The summed E-state index contributed by atoms with van der Waals surface area (Å²) in [5.41, 5.74) is 21.9. The molecule has 0 radical (unpaired) electrons. The first-order valence-corrected chi connectivity index (χ1v) is 20.4. The quantitative estimate of drug-likeness (QED) is 0.110. The van der Waals surface area contributed by atoms with Crippen LogP contribution in [0.5, 0.6) is 0 Å². The van der Waals surface area contributed by atoms with E-state index in [9.17, 15) is 0 Å². The summed E-state index contributed by atoms with van der Waals surface area (Å²) in [6.07, 6.45) is 7.42. The van der Waals surface area contributed by atoms with Crippen molar-refractivity contribution < 1.29 is 0 Å². The number of nitrogens with one attached hydrogen (secondary N) is 5. The maximum Gasteiger partial charge on any atom is 0.0402 e. The molecule has 0 aliphatic carbocycles. The third-order valence-electron chi connectivity index (χ3n) is 11.5. The van der Waals surface area contributed by atoms with Crippen molar-refractivity contribution in [3.8, 4) is 0 Å². The largest absolute Gasteiger partial charge is 0.385 e. The highest BCUT2D eigenvalue weighted by Crippen LogP contribution is 2.26. The van der Waals surface area contributed by atoms with Crippen molar-refractivity contribution in [1.82, 2.24) is 16.0 Å². The van der Waals surface area contributed by atoms with Crippen LogP contribution in [-0.4, -0.2) is 26.2 Å². The van der Waals surface area contributed by atoms with Gasteiger partial charge in [0.25, 0.3) is 0 Å². The lowest BCUT2D eigenvalue weighted by atomic mass is 9.97. The average Bonchev–Trinajstić information content (AvgIpc) is 3.71. The van der Waals surface area contributed by atoms with Gasteiger partial charge in [-0.1, -0.05) is 84.9 Å². The molecule has 0 spiro atoms. The predicted octanol–water partition coefficient (Wildman–Crippen LogP) is 9.59. The minimum Gasteiger partial charge on any atom is -0.385 e. The summed E-state index contributed by atoms with van der Waals surface area (Å²) >= 11 is 0. The van der Waals surface area contributed by atoms with Crippen molar-refractivity contribution in [2.24, 2.45) is 0 Å². The number of para-hydroxylation sites is 1. The number of hydrogen-bond acceptors (Lipinski definition) is 5. The summed E-state index contributed by atoms with van der Waals surface area (Å²) in [5.74, 6) is 0. The zero-order valence-corrected chi connectivity index (χ0v) is 33.6. The van der Waals surface area contributed by atoms with Crippen LogP contribution in [0.4, 0.5) is 11.4 Å². The fourth-order valence-electron chi connectivity index (χ4n) is 8.28. The molecule has 5 aliphatic rings. The van der Waals surface area contributed by atoms with Crippen molar-refractivity contribution in [2.75, 3.05) is 36.8 Å². The predicted molar refractivity (Wildman–Crippen MR) is 231 cm³/mol. The second kappa shape index (κ2) is 19.8. The number of benzene rings is 5. The van der Waals surface area contributed by atoms with E-state index >= 15 is 0 Å². The number of anilines is 2. The highest BCUT2D eigenvalue weighted by molar-refractivity contribution is 5.58. The molecule has 0 fully saturated rings. The van der Waals surface area contributed by atoms with E-state index in [0.29, 0.717) is 0 Å². The van der Waals surface area contributed by atoms with Gasteiger partial charge in [-0.2, -0.15) is 0 Å². The van der Waals surface area contributed by atoms with Crippen LogP contribution >= 0.6 is 0 Å². The lowest BCUT2D eigenvalue weighted by Gasteiger charge is -2.19. The molecule has 5 aromatic rings. The first-order chi connectivity index (χ1) is 26.4. The van der Waals surface area contributed by atoms with Gasteiger partial charge < -0.3 is 26.6 Å². The molecule has 5 heterocycles. The van der Waals surface area contributed by atoms with E-state index in [2.05, 4.69) is 152 Å². The first-order valence-electron chi connectivity index (χ1n) is 20.4. The summed E-state index contributed by atoms with van der Waals surface area (Å²) in [5, 5.41) is 16.9. The molecule has 5 heteroatoms. The van der Waals surface area contributed by atoms with Gasteiger partial charge in [0.05, 0.1) is 0 Å². The van der Waals surface area contributed by atoms with Gasteiger partial charge in [-0.05, 0) is 165 Å². The van der Waals surface area contributed by atoms with E-state index in [1.54, 1.807) is 5.56 Å². The van der Waals surface area contributed by atoms with Gasteiger partial charge in [0, 0.05) is 50.6 Å². The third kappa shape index (κ3) is 10.4. The smallest absolute Gasteiger partial charge is 0.0402 e. The SMILES string of the molecule is Cc1cccc2c1CCCN2.Cc1cccc2c1CCNC2.Cc1cccc2c1CNC2.Cc1cccc2c1CNCC2.Cc1cccc2c1NCCC2. The fraction of sp³-hybridized carbons (Fsp3) is 0.388. The summed E-state index contributed by atoms with van der Waals surface area (Å²) in [6, 6.07) is 32.6. The van der Waals surface area contributed by atoms with Crippen LogP contribution in [0.3, 0.4) is 0 Å². The van der Waals surface area contributed by atoms with E-state index in [1.165, 1.54) is 117 Å². The van der Waals surface area contributed by atoms with Crippen LogP contribution in [0, 0.1) is 34.6 Å². The Bertz CT molecular complexity index is 1750. The maximum absolute atomic E-state index is 3.43. The Balaban J connectivity index is 0.000000115. The summed E-state index contributed by atoms with van der Waals surface area (Å²) < 4.78 is 0. The molecule has 0 saturated heterocycles. The maximum atomic E-state index is 3.43. The Hall–Kier alpha value is -4.42. The Morgan fingerprint density at radius 2 is 0.852 bits per heavy atom. The van der Waals surface area contributed by atoms with Crippen molar-refractivity contribution in [3.05, 3.63) is 163 Å². The van der Waals surface area contributed by atoms with Crippen molar-refractivity contribution in [2.45, 2.75) is 99.3 Å². The Morgan fingerprint density at radius 1 is 0.352 bits per heavy atom. The summed E-state index contributed by atoms with van der Waals surface area (Å²) in [6.45, 7) is 19.7. The highest BCUT2D eigenvalue weighted by Gasteiger charge is 2.12. The Kier molecular flexibility index (Phi) is 14.4. The molecular weight excluding hydrogens is 659 g/mol. The van der Waals surface area contributed by atoms with Gasteiger partial charge in [-0.15, -0.1) is 0 Å². The molecule has 5 N–H and O–H groups in total. The van der Waals surface area contributed by atoms with E-state index in [4.69, 9.17) is 0 Å². The fourth-order valence-corrected chi connectivity index (χ4v) is 8.28. The van der Waals surface area contributed by atoms with Crippen LogP contribution in [0.1, 0.15) is 85.2 Å². The van der Waals surface area contributed by atoms with Crippen molar-refractivity contribution in [3.63, 3.8) is 0 Å². The monoisotopic (exact) mass is 722 g/mol. The molecule has 0 bridgehead atoms. The molecule has 10 rings (SSSR count). The van der Waals surface area contributed by atoms with Crippen LogP contribution < -0.4 is 26.6 Å².